The van der Waals surface area contributed by atoms with Crippen LogP contribution in [0.3, 0.4) is 0 Å². The van der Waals surface area contributed by atoms with Crippen LogP contribution in [0.1, 0.15) is 213 Å². The molecule has 0 heterocycles. The number of hydrogen-bond donors (Lipinski definition) is 1. The van der Waals surface area contributed by atoms with Gasteiger partial charge in [0, 0.05) is 12.8 Å². The van der Waals surface area contributed by atoms with Crippen LogP contribution in [0.4, 0.5) is 0 Å². The summed E-state index contributed by atoms with van der Waals surface area (Å²) in [4.78, 5) is 35.6. The second-order valence-electron chi connectivity index (χ2n) is 20.7. The first-order valence-electron chi connectivity index (χ1n) is 30.1. The first kappa shape index (κ1) is 72.9. The Morgan fingerprint density at radius 3 is 1.10 bits per heavy atom. The molecule has 2 unspecified atom stereocenters. The van der Waals surface area contributed by atoms with Crippen molar-refractivity contribution in [3.8, 4) is 0 Å². The first-order chi connectivity index (χ1) is 37.5. The number of phosphoric acid groups is 1. The number of phosphoric ester groups is 1. The van der Waals surface area contributed by atoms with Gasteiger partial charge in [-0.15, -0.1) is 0 Å². The Morgan fingerprint density at radius 1 is 0.416 bits per heavy atom. The van der Waals surface area contributed by atoms with Crippen LogP contribution < -0.4 is 0 Å². The van der Waals surface area contributed by atoms with Crippen molar-refractivity contribution in [1.82, 2.24) is 0 Å². The van der Waals surface area contributed by atoms with E-state index in [-0.39, 0.29) is 32.0 Å². The Bertz CT molecular complexity index is 1810. The van der Waals surface area contributed by atoms with E-state index < -0.39 is 26.5 Å². The van der Waals surface area contributed by atoms with Gasteiger partial charge in [0.15, 0.2) is 6.10 Å². The summed E-state index contributed by atoms with van der Waals surface area (Å²) in [7, 11) is 1.43. The van der Waals surface area contributed by atoms with Gasteiger partial charge in [0.1, 0.15) is 19.8 Å². The molecule has 0 bridgehead atoms. The molecule has 0 aromatic carbocycles. The average Bonchev–Trinajstić information content (AvgIpc) is 3.39. The molecule has 1 N–H and O–H groups in total. The lowest BCUT2D eigenvalue weighted by Gasteiger charge is -2.24. The molecule has 0 spiro atoms. The van der Waals surface area contributed by atoms with Crippen molar-refractivity contribution in [3.05, 3.63) is 146 Å². The zero-order chi connectivity index (χ0) is 56.3. The maximum atomic E-state index is 12.8. The summed E-state index contributed by atoms with van der Waals surface area (Å²) < 4.78 is 34.4. The van der Waals surface area contributed by atoms with Gasteiger partial charge in [0.05, 0.1) is 27.7 Å². The predicted molar refractivity (Wildman–Crippen MR) is 330 cm³/mol. The van der Waals surface area contributed by atoms with Crippen LogP contribution in [0.2, 0.25) is 0 Å². The molecule has 0 saturated heterocycles. The van der Waals surface area contributed by atoms with E-state index in [1.807, 2.05) is 21.1 Å². The lowest BCUT2D eigenvalue weighted by Crippen LogP contribution is -2.37. The van der Waals surface area contributed by atoms with Gasteiger partial charge in [-0.2, -0.15) is 0 Å². The molecule has 77 heavy (non-hydrogen) atoms. The standard InChI is InChI=1S/C67H110NO8P/c1-6-8-10-12-14-16-18-20-22-23-24-25-26-27-28-29-30-31-32-33-34-35-36-37-38-39-40-41-42-43-44-45-46-48-50-52-54-56-58-60-67(70)76-65(64-75-77(71,72)74-62-61-68(3,4)5)63-73-66(69)59-57-55-53-51-49-47-21-19-17-15-13-11-9-7-2/h8,10,14,16,20,22,24-25,27-28,30-31,33-34,36-37,39-40,42-43,45-46,50,52,65H,6-7,9,11-13,15,17-19,21,23,26,29,32,35,38,41,44,47-49,51,53-64H2,1-5H3/p+1/b10-8-,16-14-,22-20-,25-24-,28-27-,31-30-,34-33-,37-36-,40-39-,43-42-,46-45-,52-50-. The molecule has 0 amide bonds. The summed E-state index contributed by atoms with van der Waals surface area (Å²) in [6.07, 6.45) is 83.6. The number of likely N-dealkylation sites (N-methyl/N-ethyl adjacent to an activating group) is 1. The maximum Gasteiger partial charge on any atom is 0.472 e. The van der Waals surface area contributed by atoms with Crippen molar-refractivity contribution in [3.63, 3.8) is 0 Å². The largest absolute Gasteiger partial charge is 0.472 e. The van der Waals surface area contributed by atoms with E-state index in [2.05, 4.69) is 160 Å². The van der Waals surface area contributed by atoms with Gasteiger partial charge >= 0.3 is 19.8 Å². The number of nitrogens with zero attached hydrogens (tertiary/aromatic N) is 1. The van der Waals surface area contributed by atoms with Crippen LogP contribution in [-0.2, 0) is 32.7 Å². The maximum absolute atomic E-state index is 12.8. The number of carbonyl (C=O) groups is 2. The lowest BCUT2D eigenvalue weighted by molar-refractivity contribution is -0.870. The van der Waals surface area contributed by atoms with Gasteiger partial charge in [0.2, 0.25) is 0 Å². The fraction of sp³-hybridized carbons (Fsp3) is 0.612. The molecule has 0 aliphatic rings. The summed E-state index contributed by atoms with van der Waals surface area (Å²) in [5.74, 6) is -0.856. The Hall–Kier alpha value is -4.11. The van der Waals surface area contributed by atoms with E-state index >= 15 is 0 Å². The molecule has 0 rings (SSSR count). The molecule has 0 aliphatic carbocycles. The van der Waals surface area contributed by atoms with E-state index in [1.54, 1.807) is 0 Å². The predicted octanol–water partition coefficient (Wildman–Crippen LogP) is 19.1. The fourth-order valence-corrected chi connectivity index (χ4v) is 8.27. The molecule has 0 aromatic heterocycles. The summed E-state index contributed by atoms with van der Waals surface area (Å²) in [6.45, 7) is 4.25. The molecule has 0 radical (unpaired) electrons. The third kappa shape index (κ3) is 61.0. The number of esters is 2. The van der Waals surface area contributed by atoms with E-state index in [4.69, 9.17) is 18.5 Å². The van der Waals surface area contributed by atoms with E-state index in [1.165, 1.54) is 70.6 Å². The topological polar surface area (TPSA) is 108 Å². The molecule has 0 fully saturated rings. The van der Waals surface area contributed by atoms with Gasteiger partial charge in [-0.1, -0.05) is 243 Å². The Kier molecular flexibility index (Phi) is 53.6. The third-order valence-corrected chi connectivity index (χ3v) is 13.1. The molecule has 0 aliphatic heterocycles. The number of ether oxygens (including phenoxy) is 2. The number of carbonyl (C=O) groups excluding carboxylic acids is 2. The van der Waals surface area contributed by atoms with Gasteiger partial charge in [-0.3, -0.25) is 18.6 Å². The normalized spacial score (nSPS) is 14.3. The van der Waals surface area contributed by atoms with Crippen molar-refractivity contribution >= 4 is 19.8 Å². The highest BCUT2D eigenvalue weighted by molar-refractivity contribution is 7.47. The minimum Gasteiger partial charge on any atom is -0.462 e. The summed E-state index contributed by atoms with van der Waals surface area (Å²) in [5.41, 5.74) is 0. The van der Waals surface area contributed by atoms with Crippen molar-refractivity contribution in [2.75, 3.05) is 47.5 Å². The zero-order valence-corrected chi connectivity index (χ0v) is 50.3. The second kappa shape index (κ2) is 56.6. The van der Waals surface area contributed by atoms with E-state index in [9.17, 15) is 19.0 Å². The van der Waals surface area contributed by atoms with Crippen molar-refractivity contribution in [1.29, 1.82) is 0 Å². The molecule has 9 nitrogen and oxygen atoms in total. The molecule has 0 aromatic rings. The van der Waals surface area contributed by atoms with Gasteiger partial charge in [-0.05, 0) is 103 Å². The van der Waals surface area contributed by atoms with Gasteiger partial charge in [-0.25, -0.2) is 4.57 Å². The van der Waals surface area contributed by atoms with Gasteiger partial charge in [0.25, 0.3) is 0 Å². The molecular formula is C67H111NO8P+. The van der Waals surface area contributed by atoms with Crippen LogP contribution in [0, 0.1) is 0 Å². The average molecular weight is 1090 g/mol. The molecule has 10 heteroatoms. The zero-order valence-electron chi connectivity index (χ0n) is 49.4. The smallest absolute Gasteiger partial charge is 0.462 e. The number of unbranched alkanes of at least 4 members (excludes halogenated alkanes) is 15. The number of hydrogen-bond acceptors (Lipinski definition) is 7. The summed E-state index contributed by atoms with van der Waals surface area (Å²) in [6, 6.07) is 0. The SMILES string of the molecule is CC/C=C\C/C=C\C/C=C\C/C=C\C/C=C\C/C=C\C/C=C\C/C=C\C/C=C\C/C=C\C/C=C\C/C=C\CCCCC(=O)OC(COC(=O)CCCCCCCCCCCCCCCC)COP(=O)(O)OCC[N+](C)(C)C. The summed E-state index contributed by atoms with van der Waals surface area (Å²) in [5, 5.41) is 0. The van der Waals surface area contributed by atoms with Gasteiger partial charge < -0.3 is 18.9 Å². The molecule has 436 valence electrons. The Labute approximate surface area is 472 Å². The van der Waals surface area contributed by atoms with E-state index in [0.29, 0.717) is 17.4 Å². The molecule has 2 atom stereocenters. The van der Waals surface area contributed by atoms with Crippen molar-refractivity contribution < 1.29 is 42.1 Å². The number of rotatable bonds is 53. The Balaban J connectivity index is 4.23. The quantitative estimate of drug-likeness (QED) is 0.0211. The number of allylic oxidation sites excluding steroid dienone is 24. The lowest BCUT2D eigenvalue weighted by atomic mass is 10.0. The first-order valence-corrected chi connectivity index (χ1v) is 31.6. The van der Waals surface area contributed by atoms with Crippen molar-refractivity contribution in [2.24, 2.45) is 0 Å². The summed E-state index contributed by atoms with van der Waals surface area (Å²) >= 11 is 0. The highest BCUT2D eigenvalue weighted by atomic mass is 31.2. The minimum atomic E-state index is -4.40. The Morgan fingerprint density at radius 2 is 0.740 bits per heavy atom. The molecule has 0 saturated carbocycles. The highest BCUT2D eigenvalue weighted by Gasteiger charge is 2.27. The van der Waals surface area contributed by atoms with Crippen molar-refractivity contribution in [2.45, 2.75) is 219 Å². The second-order valence-corrected chi connectivity index (χ2v) is 22.1. The van der Waals surface area contributed by atoms with Crippen LogP contribution >= 0.6 is 7.82 Å². The van der Waals surface area contributed by atoms with Crippen LogP contribution in [0.25, 0.3) is 0 Å². The third-order valence-electron chi connectivity index (χ3n) is 12.1. The monoisotopic (exact) mass is 1090 g/mol. The fourth-order valence-electron chi connectivity index (χ4n) is 7.52. The minimum absolute atomic E-state index is 0.0167. The molecular weight excluding hydrogens is 978 g/mol. The van der Waals surface area contributed by atoms with Crippen LogP contribution in [-0.4, -0.2) is 74.9 Å². The number of quaternary nitrogens is 1. The van der Waals surface area contributed by atoms with Crippen LogP contribution in [0.15, 0.2) is 146 Å². The van der Waals surface area contributed by atoms with Crippen LogP contribution in [0.5, 0.6) is 0 Å². The van der Waals surface area contributed by atoms with E-state index in [0.717, 1.165) is 109 Å². The highest BCUT2D eigenvalue weighted by Crippen LogP contribution is 2.43.